The molecule has 2 fully saturated rings. The number of aromatic nitrogens is 4. The molecule has 2 aliphatic heterocycles. The predicted octanol–water partition coefficient (Wildman–Crippen LogP) is 0.359. The predicted molar refractivity (Wildman–Crippen MR) is 154 cm³/mol. The summed E-state index contributed by atoms with van der Waals surface area (Å²) in [7, 11) is -2.28. The summed E-state index contributed by atoms with van der Waals surface area (Å²) < 4.78 is 70.1. The zero-order valence-electron chi connectivity index (χ0n) is 24.2. The summed E-state index contributed by atoms with van der Waals surface area (Å²) in [5.41, 5.74) is -2.90. The highest BCUT2D eigenvalue weighted by Gasteiger charge is 2.49. The van der Waals surface area contributed by atoms with Crippen LogP contribution in [0.2, 0.25) is 0 Å². The van der Waals surface area contributed by atoms with Crippen molar-refractivity contribution in [3.8, 4) is 0 Å². The Bertz CT molecular complexity index is 1660. The van der Waals surface area contributed by atoms with Crippen molar-refractivity contribution in [2.75, 3.05) is 54.2 Å². The van der Waals surface area contributed by atoms with Gasteiger partial charge in [-0.1, -0.05) is 6.08 Å². The molecule has 7 atom stereocenters. The van der Waals surface area contributed by atoms with Crippen LogP contribution in [-0.2, 0) is 27.9 Å². The molecular weight excluding hydrogens is 613 g/mol. The maximum Gasteiger partial charge on any atom is 0.345 e. The van der Waals surface area contributed by atoms with Crippen molar-refractivity contribution >= 4 is 14.8 Å². The van der Waals surface area contributed by atoms with Crippen LogP contribution in [-0.4, -0.2) is 107 Å². The van der Waals surface area contributed by atoms with Gasteiger partial charge in [0.05, 0.1) is 19.3 Å². The average Bonchev–Trinajstić information content (AvgIpc) is 3.24. The summed E-state index contributed by atoms with van der Waals surface area (Å²) in [6, 6.07) is 2.19. The number of morpholine rings is 1. The Hall–Kier alpha value is -2.75. The topological polar surface area (TPSA) is 187 Å². The van der Waals surface area contributed by atoms with Crippen molar-refractivity contribution in [2.45, 2.75) is 36.9 Å². The normalized spacial score (nSPS) is 28.4. The van der Waals surface area contributed by atoms with Crippen molar-refractivity contribution in [2.24, 2.45) is 0 Å². The molecule has 2 N–H and O–H groups in total. The van der Waals surface area contributed by atoms with Gasteiger partial charge in [0.15, 0.2) is 18.6 Å². The zero-order valence-corrected chi connectivity index (χ0v) is 26.0. The van der Waals surface area contributed by atoms with Gasteiger partial charge in [-0.3, -0.25) is 33.3 Å². The highest BCUT2D eigenvalue weighted by atomic mass is 31.2. The first-order valence-electron chi connectivity index (χ1n) is 13.2. The minimum Gasteiger partial charge on any atom is -0.375 e. The summed E-state index contributed by atoms with van der Waals surface area (Å²) in [5.74, 6) is 1.49. The van der Waals surface area contributed by atoms with E-state index < -0.39 is 80.9 Å². The molecule has 2 aromatic heterocycles. The second kappa shape index (κ2) is 13.1. The molecule has 2 aromatic rings. The van der Waals surface area contributed by atoms with Crippen molar-refractivity contribution in [1.82, 2.24) is 28.4 Å². The van der Waals surface area contributed by atoms with Crippen LogP contribution in [0, 0.1) is 0 Å². The Labute approximate surface area is 244 Å². The Morgan fingerprint density at radius 1 is 1.02 bits per heavy atom. The molecule has 0 aliphatic carbocycles. The van der Waals surface area contributed by atoms with Gasteiger partial charge in [-0.2, -0.15) is 0 Å². The number of H-pyrrole nitrogens is 2. The smallest absolute Gasteiger partial charge is 0.345 e. The number of nitrogens with zero attached hydrogens (tertiary/aromatic N) is 4. The fourth-order valence-corrected chi connectivity index (χ4v) is 7.32. The molecule has 0 spiro atoms. The first-order valence-corrected chi connectivity index (χ1v) is 17.4. The summed E-state index contributed by atoms with van der Waals surface area (Å²) in [4.78, 5) is 52.1. The molecule has 43 heavy (non-hydrogen) atoms. The maximum absolute atomic E-state index is 15.4. The summed E-state index contributed by atoms with van der Waals surface area (Å²) in [6.07, 6.45) is -3.53. The average molecular weight is 649 g/mol. The standard InChI is InChI=1S/C24H35FN6O10P2/c1-28(2)43(37,39-14-16-21(38-3)20(25)22(41-16)31-10-7-18(33)27-24(31)35)29-12-15(8-11-42(4,5)36)40-19(13-29)30-9-6-17(32)26-23(30)34/h6-11,15-16,19-22H,12-14H2,1-5H3,(H,26,32,34)(H,27,33,35)/b11-8+/t15-,16-,19-,20-,21-,22-,43?/m1/s1. The van der Waals surface area contributed by atoms with Gasteiger partial charge in [-0.05, 0) is 33.2 Å². The van der Waals surface area contributed by atoms with E-state index in [0.29, 0.717) is 0 Å². The number of ether oxygens (including phenoxy) is 3. The van der Waals surface area contributed by atoms with Gasteiger partial charge in [-0.25, -0.2) is 23.3 Å². The fraction of sp³-hybridized carbons (Fsp3) is 0.583. The van der Waals surface area contributed by atoms with Crippen LogP contribution in [0.1, 0.15) is 12.5 Å². The number of rotatable bonds is 10. The molecule has 4 rings (SSSR count). The van der Waals surface area contributed by atoms with Crippen LogP contribution in [0.3, 0.4) is 0 Å². The van der Waals surface area contributed by atoms with Crippen molar-refractivity contribution in [3.05, 3.63) is 78.1 Å². The van der Waals surface area contributed by atoms with Crippen molar-refractivity contribution in [3.63, 3.8) is 0 Å². The highest BCUT2D eigenvalue weighted by Crippen LogP contribution is 2.55. The van der Waals surface area contributed by atoms with Gasteiger partial charge in [0.2, 0.25) is 0 Å². The van der Waals surface area contributed by atoms with Gasteiger partial charge < -0.3 is 23.3 Å². The number of nitrogens with one attached hydrogen (secondary N) is 2. The molecule has 19 heteroatoms. The molecule has 16 nitrogen and oxygen atoms in total. The number of hydrogen-bond donors (Lipinski definition) is 2. The molecule has 238 valence electrons. The summed E-state index contributed by atoms with van der Waals surface area (Å²) in [5, 5.41) is 0. The van der Waals surface area contributed by atoms with E-state index in [-0.39, 0.29) is 13.1 Å². The molecule has 2 saturated heterocycles. The van der Waals surface area contributed by atoms with Gasteiger partial charge >= 0.3 is 19.0 Å². The number of hydrogen-bond acceptors (Lipinski definition) is 10. The van der Waals surface area contributed by atoms with Crippen LogP contribution >= 0.6 is 14.8 Å². The lowest BCUT2D eigenvalue weighted by atomic mass is 10.1. The second-order valence-corrected chi connectivity index (χ2v) is 16.4. The third-order valence-electron chi connectivity index (χ3n) is 6.84. The first-order chi connectivity index (χ1) is 20.1. The molecule has 0 bridgehead atoms. The molecule has 0 amide bonds. The Morgan fingerprint density at radius 3 is 2.16 bits per heavy atom. The van der Waals surface area contributed by atoms with Gasteiger partial charge in [0, 0.05) is 38.2 Å². The fourth-order valence-electron chi connectivity index (χ4n) is 4.76. The largest absolute Gasteiger partial charge is 0.375 e. The van der Waals surface area contributed by atoms with Crippen LogP contribution in [0.25, 0.3) is 0 Å². The zero-order chi connectivity index (χ0) is 31.7. The van der Waals surface area contributed by atoms with E-state index >= 15 is 4.39 Å². The maximum atomic E-state index is 15.4. The van der Waals surface area contributed by atoms with Crippen LogP contribution in [0.5, 0.6) is 0 Å². The first kappa shape index (κ1) is 33.1. The third-order valence-corrected chi connectivity index (χ3v) is 10.3. The minimum absolute atomic E-state index is 0.000918. The van der Waals surface area contributed by atoms with E-state index in [0.717, 1.165) is 27.5 Å². The molecule has 0 radical (unpaired) electrons. The number of halogens is 1. The number of methoxy groups -OCH3 is 1. The van der Waals surface area contributed by atoms with Crippen molar-refractivity contribution in [1.29, 1.82) is 0 Å². The Kier molecular flexibility index (Phi) is 10.1. The number of alkyl halides is 1. The minimum atomic E-state index is -3.95. The highest BCUT2D eigenvalue weighted by molar-refractivity contribution is 7.65. The summed E-state index contributed by atoms with van der Waals surface area (Å²) in [6.45, 7) is 2.57. The van der Waals surface area contributed by atoms with Crippen LogP contribution in [0.4, 0.5) is 4.39 Å². The molecular formula is C24H35FN6O10P2. The molecule has 0 saturated carbocycles. The van der Waals surface area contributed by atoms with Crippen molar-refractivity contribution < 1.29 is 32.3 Å². The Balaban J connectivity index is 1.61. The van der Waals surface area contributed by atoms with Crippen LogP contribution < -0.4 is 22.5 Å². The van der Waals surface area contributed by atoms with E-state index in [9.17, 15) is 28.3 Å². The van der Waals surface area contributed by atoms with E-state index in [1.54, 1.807) is 19.4 Å². The molecule has 0 aromatic carbocycles. The lowest BCUT2D eigenvalue weighted by molar-refractivity contribution is -0.0900. The van der Waals surface area contributed by atoms with E-state index in [1.165, 1.54) is 42.6 Å². The lowest BCUT2D eigenvalue weighted by Crippen LogP contribution is -2.48. The Morgan fingerprint density at radius 2 is 1.63 bits per heavy atom. The van der Waals surface area contributed by atoms with E-state index in [1.807, 2.05) is 4.98 Å². The SMILES string of the molecule is CO[C@H]1[C@@H](F)[C@H](n2ccc(=O)[nH]c2=O)O[C@@H]1COP(=O)(N(C)C)N1C[C@@H](/C=C/P(C)(C)=O)O[C@@H](n2ccc(=O)[nH]c2=O)C1. The third kappa shape index (κ3) is 7.49. The van der Waals surface area contributed by atoms with Gasteiger partial charge in [-0.15, -0.1) is 0 Å². The molecule has 2 aliphatic rings. The molecule has 1 unspecified atom stereocenters. The lowest BCUT2D eigenvalue weighted by Gasteiger charge is -2.42. The van der Waals surface area contributed by atoms with E-state index in [2.05, 4.69) is 4.98 Å². The quantitative estimate of drug-likeness (QED) is 0.338. The van der Waals surface area contributed by atoms with E-state index in [4.69, 9.17) is 18.7 Å². The monoisotopic (exact) mass is 648 g/mol. The second-order valence-electron chi connectivity index (χ2n) is 10.7. The number of aromatic amines is 2. The van der Waals surface area contributed by atoms with Gasteiger partial charge in [0.1, 0.15) is 19.3 Å². The molecule has 4 heterocycles. The van der Waals surface area contributed by atoms with Crippen LogP contribution in [0.15, 0.2) is 55.6 Å². The van der Waals surface area contributed by atoms with Gasteiger partial charge in [0.25, 0.3) is 11.1 Å². The summed E-state index contributed by atoms with van der Waals surface area (Å²) >= 11 is 0.